The number of carbonyl (C=O) groups is 4. The number of benzene rings is 1. The Balaban J connectivity index is 1.64. The summed E-state index contributed by atoms with van der Waals surface area (Å²) in [5.74, 6) is -1.00. The summed E-state index contributed by atoms with van der Waals surface area (Å²) in [5, 5.41) is 11.4. The average molecular weight is 517 g/mol. The van der Waals surface area contributed by atoms with Crippen LogP contribution in [0, 0.1) is 6.92 Å². The van der Waals surface area contributed by atoms with E-state index < -0.39 is 41.4 Å². The molecule has 12 nitrogen and oxygen atoms in total. The fraction of sp³-hybridized carbons (Fsp3) is 0.480. The number of epoxide rings is 1. The first-order chi connectivity index (χ1) is 17.6. The molecule has 12 heteroatoms. The van der Waals surface area contributed by atoms with Gasteiger partial charge in [0.1, 0.15) is 29.2 Å². The number of rotatable bonds is 13. The lowest BCUT2D eigenvalue weighted by molar-refractivity contribution is -0.133. The van der Waals surface area contributed by atoms with Crippen LogP contribution < -0.4 is 20.7 Å². The molecule has 2 aromatic rings. The molecule has 1 aromatic carbocycles. The van der Waals surface area contributed by atoms with Gasteiger partial charge in [0.15, 0.2) is 11.5 Å². The lowest BCUT2D eigenvalue weighted by atomic mass is 9.94. The maximum Gasteiger partial charge on any atom is 0.274 e. The first-order valence-corrected chi connectivity index (χ1v) is 11.7. The van der Waals surface area contributed by atoms with E-state index in [1.165, 1.54) is 20.1 Å². The molecule has 1 aliphatic rings. The highest BCUT2D eigenvalue weighted by atomic mass is 16.6. The van der Waals surface area contributed by atoms with E-state index in [1.54, 1.807) is 45.2 Å². The van der Waals surface area contributed by atoms with E-state index in [9.17, 15) is 19.2 Å². The summed E-state index contributed by atoms with van der Waals surface area (Å²) < 4.78 is 20.4. The van der Waals surface area contributed by atoms with Crippen LogP contribution in [-0.2, 0) is 30.3 Å². The molecule has 3 rings (SSSR count). The van der Waals surface area contributed by atoms with Gasteiger partial charge in [-0.25, -0.2) is 0 Å². The molecule has 2 heterocycles. The zero-order valence-corrected chi connectivity index (χ0v) is 21.5. The number of amides is 3. The van der Waals surface area contributed by atoms with Crippen molar-refractivity contribution in [3.63, 3.8) is 0 Å². The second-order valence-electron chi connectivity index (χ2n) is 9.03. The van der Waals surface area contributed by atoms with Crippen LogP contribution in [0.3, 0.4) is 0 Å². The molecule has 0 aliphatic carbocycles. The lowest BCUT2D eigenvalue weighted by Crippen LogP contribution is -2.56. The minimum Gasteiger partial charge on any atom is -0.497 e. The smallest absolute Gasteiger partial charge is 0.274 e. The zero-order chi connectivity index (χ0) is 27.2. The fourth-order valence-electron chi connectivity index (χ4n) is 3.56. The number of nitrogens with zero attached hydrogens (tertiary/aromatic N) is 1. The fourth-order valence-corrected chi connectivity index (χ4v) is 3.56. The number of hydrogen-bond acceptors (Lipinski definition) is 9. The molecule has 2 unspecified atom stereocenters. The van der Waals surface area contributed by atoms with Crippen LogP contribution in [0.5, 0.6) is 5.75 Å². The third kappa shape index (κ3) is 7.37. The van der Waals surface area contributed by atoms with Gasteiger partial charge < -0.3 is 34.7 Å². The van der Waals surface area contributed by atoms with Crippen molar-refractivity contribution in [3.8, 4) is 5.75 Å². The molecule has 1 aromatic heterocycles. The van der Waals surface area contributed by atoms with Crippen molar-refractivity contribution in [1.82, 2.24) is 21.1 Å². The van der Waals surface area contributed by atoms with E-state index in [1.807, 2.05) is 0 Å². The van der Waals surface area contributed by atoms with E-state index >= 15 is 0 Å². The Morgan fingerprint density at radius 2 is 1.73 bits per heavy atom. The van der Waals surface area contributed by atoms with E-state index in [-0.39, 0.29) is 31.1 Å². The van der Waals surface area contributed by atoms with Crippen molar-refractivity contribution >= 4 is 23.5 Å². The molecule has 1 fully saturated rings. The number of aryl methyl sites for hydroxylation is 1. The number of hydrogen-bond donors (Lipinski definition) is 3. The Morgan fingerprint density at radius 1 is 1.05 bits per heavy atom. The monoisotopic (exact) mass is 516 g/mol. The van der Waals surface area contributed by atoms with Gasteiger partial charge in [-0.15, -0.1) is 0 Å². The number of carbonyl (C=O) groups excluding carboxylic acids is 4. The third-order valence-corrected chi connectivity index (χ3v) is 5.90. The first-order valence-electron chi connectivity index (χ1n) is 11.7. The van der Waals surface area contributed by atoms with Crippen LogP contribution in [0.1, 0.15) is 35.7 Å². The number of aromatic nitrogens is 1. The Hall–Kier alpha value is -3.77. The van der Waals surface area contributed by atoms with Crippen LogP contribution in [0.2, 0.25) is 0 Å². The summed E-state index contributed by atoms with van der Waals surface area (Å²) in [6, 6.07) is 5.58. The molecule has 3 N–H and O–H groups in total. The predicted octanol–water partition coefficient (Wildman–Crippen LogP) is 0.327. The topological polar surface area (TPSA) is 161 Å². The molecule has 4 atom stereocenters. The number of ether oxygens (including phenoxy) is 3. The van der Waals surface area contributed by atoms with E-state index in [0.717, 1.165) is 5.56 Å². The van der Waals surface area contributed by atoms with Crippen LogP contribution in [0.15, 0.2) is 34.9 Å². The normalized spacial score (nSPS) is 18.7. The minimum atomic E-state index is -1.10. The summed E-state index contributed by atoms with van der Waals surface area (Å²) in [7, 11) is 2.93. The highest BCUT2D eigenvalue weighted by Crippen LogP contribution is 2.29. The molecule has 0 saturated carbocycles. The highest BCUT2D eigenvalue weighted by molar-refractivity contribution is 5.99. The Morgan fingerprint density at radius 3 is 2.27 bits per heavy atom. The molecule has 3 amide bonds. The first kappa shape index (κ1) is 27.8. The Labute approximate surface area is 214 Å². The molecular weight excluding hydrogens is 484 g/mol. The van der Waals surface area contributed by atoms with Gasteiger partial charge in [-0.05, 0) is 44.9 Å². The number of ketones is 1. The quantitative estimate of drug-likeness (QED) is 0.319. The minimum absolute atomic E-state index is 0.00729. The van der Waals surface area contributed by atoms with Crippen molar-refractivity contribution in [1.29, 1.82) is 0 Å². The molecule has 37 heavy (non-hydrogen) atoms. The van der Waals surface area contributed by atoms with Crippen molar-refractivity contribution < 1.29 is 37.9 Å². The van der Waals surface area contributed by atoms with Crippen molar-refractivity contribution in [3.05, 3.63) is 47.3 Å². The van der Waals surface area contributed by atoms with E-state index in [2.05, 4.69) is 21.1 Å². The van der Waals surface area contributed by atoms with Gasteiger partial charge in [0.05, 0.1) is 26.4 Å². The molecule has 0 bridgehead atoms. The van der Waals surface area contributed by atoms with Crippen LogP contribution in [-0.4, -0.2) is 79.8 Å². The largest absolute Gasteiger partial charge is 0.497 e. The number of Topliss-reactive ketones (excluding diaryl/α,β-unsaturated/α-hetero) is 1. The van der Waals surface area contributed by atoms with Crippen molar-refractivity contribution in [2.24, 2.45) is 0 Å². The average Bonchev–Trinajstić information content (AvgIpc) is 3.48. The molecule has 0 radical (unpaired) electrons. The SMILES string of the molecule is COCC(NC(=O)c1cc(C)on1)C(=O)N[C@@H](C)C(=O)NC(Cc1ccc(OC)cc1)C(=O)[C@@]1(C)CO1. The standard InChI is InChI=1S/C25H32N4O8/c1-14-10-19(29-37-14)23(32)28-20(12-34-4)24(33)26-15(2)22(31)27-18(21(30)25(3)13-36-25)11-16-6-8-17(35-5)9-7-16/h6-10,15,18,20H,11-13H2,1-5H3,(H,26,33)(H,27,31)(H,28,32)/t15-,18?,20?,25+/m0/s1. The summed E-state index contributed by atoms with van der Waals surface area (Å²) in [6.45, 7) is 4.91. The maximum absolute atomic E-state index is 13.1. The second kappa shape index (κ2) is 12.0. The van der Waals surface area contributed by atoms with Crippen molar-refractivity contribution in [2.75, 3.05) is 27.4 Å². The molecule has 1 aliphatic heterocycles. The molecule has 1 saturated heterocycles. The van der Waals surface area contributed by atoms with E-state index in [0.29, 0.717) is 11.5 Å². The second-order valence-corrected chi connectivity index (χ2v) is 9.03. The molecule has 0 spiro atoms. The zero-order valence-electron chi connectivity index (χ0n) is 21.5. The van der Waals surface area contributed by atoms with Gasteiger partial charge in [0.25, 0.3) is 5.91 Å². The van der Waals surface area contributed by atoms with E-state index in [4.69, 9.17) is 18.7 Å². The van der Waals surface area contributed by atoms with Crippen molar-refractivity contribution in [2.45, 2.75) is 50.9 Å². The summed E-state index contributed by atoms with van der Waals surface area (Å²) in [6.07, 6.45) is 0.230. The maximum atomic E-state index is 13.1. The predicted molar refractivity (Wildman–Crippen MR) is 130 cm³/mol. The number of methoxy groups -OCH3 is 2. The van der Waals surface area contributed by atoms with Gasteiger partial charge in [0, 0.05) is 13.2 Å². The molecule has 200 valence electrons. The third-order valence-electron chi connectivity index (χ3n) is 5.90. The van der Waals surface area contributed by atoms with Gasteiger partial charge in [-0.3, -0.25) is 19.2 Å². The van der Waals surface area contributed by atoms with Gasteiger partial charge >= 0.3 is 0 Å². The summed E-state index contributed by atoms with van der Waals surface area (Å²) in [4.78, 5) is 51.3. The summed E-state index contributed by atoms with van der Waals surface area (Å²) in [5.41, 5.74) is -0.135. The van der Waals surface area contributed by atoms with Crippen LogP contribution in [0.25, 0.3) is 0 Å². The Kier molecular flexibility index (Phi) is 9.00. The van der Waals surface area contributed by atoms with Crippen LogP contribution in [0.4, 0.5) is 0 Å². The van der Waals surface area contributed by atoms with Crippen LogP contribution >= 0.6 is 0 Å². The van der Waals surface area contributed by atoms with Gasteiger partial charge in [-0.2, -0.15) is 0 Å². The van der Waals surface area contributed by atoms with Gasteiger partial charge in [0.2, 0.25) is 11.8 Å². The molecular formula is C25H32N4O8. The number of nitrogens with one attached hydrogen (secondary N) is 3. The summed E-state index contributed by atoms with van der Waals surface area (Å²) >= 11 is 0. The van der Waals surface area contributed by atoms with Gasteiger partial charge in [-0.1, -0.05) is 17.3 Å². The Bertz CT molecular complexity index is 1130. The lowest BCUT2D eigenvalue weighted by Gasteiger charge is -2.24. The highest BCUT2D eigenvalue weighted by Gasteiger charge is 2.50.